The summed E-state index contributed by atoms with van der Waals surface area (Å²) in [5, 5.41) is 5.34. The molecule has 0 aromatic carbocycles. The Labute approximate surface area is 131 Å². The van der Waals surface area contributed by atoms with Crippen molar-refractivity contribution in [1.82, 2.24) is 19.7 Å². The van der Waals surface area contributed by atoms with Gasteiger partial charge in [-0.2, -0.15) is 5.10 Å². The molecule has 3 rings (SSSR count). The van der Waals surface area contributed by atoms with E-state index in [0.717, 1.165) is 47.4 Å². The third-order valence-corrected chi connectivity index (χ3v) is 4.69. The number of amides is 1. The maximum atomic E-state index is 13.2. The van der Waals surface area contributed by atoms with Crippen LogP contribution in [0.5, 0.6) is 0 Å². The molecule has 0 aliphatic heterocycles. The first-order valence-electron chi connectivity index (χ1n) is 8.14. The Morgan fingerprint density at radius 1 is 1.36 bits per heavy atom. The lowest BCUT2D eigenvalue weighted by atomic mass is 10.1. The molecule has 0 unspecified atom stereocenters. The highest BCUT2D eigenvalue weighted by molar-refractivity contribution is 6.06. The van der Waals surface area contributed by atoms with Gasteiger partial charge in [0.15, 0.2) is 5.65 Å². The van der Waals surface area contributed by atoms with Crippen molar-refractivity contribution in [2.45, 2.75) is 52.5 Å². The zero-order valence-electron chi connectivity index (χ0n) is 13.9. The second-order valence-corrected chi connectivity index (χ2v) is 6.25. The van der Waals surface area contributed by atoms with Gasteiger partial charge in [-0.1, -0.05) is 12.8 Å². The van der Waals surface area contributed by atoms with Crippen LogP contribution in [-0.2, 0) is 7.05 Å². The molecule has 2 aromatic rings. The first-order valence-corrected chi connectivity index (χ1v) is 8.14. The second-order valence-electron chi connectivity index (χ2n) is 6.25. The van der Waals surface area contributed by atoms with Crippen molar-refractivity contribution in [1.29, 1.82) is 0 Å². The molecular weight excluding hydrogens is 276 g/mol. The van der Waals surface area contributed by atoms with Crippen molar-refractivity contribution in [2.75, 3.05) is 6.54 Å². The van der Waals surface area contributed by atoms with Gasteiger partial charge in [-0.3, -0.25) is 9.48 Å². The number of hydrogen-bond acceptors (Lipinski definition) is 3. The van der Waals surface area contributed by atoms with E-state index in [-0.39, 0.29) is 5.91 Å². The summed E-state index contributed by atoms with van der Waals surface area (Å²) in [6.07, 6.45) is 4.70. The van der Waals surface area contributed by atoms with Crippen molar-refractivity contribution in [3.8, 4) is 0 Å². The zero-order chi connectivity index (χ0) is 15.9. The van der Waals surface area contributed by atoms with E-state index in [2.05, 4.69) is 17.0 Å². The molecule has 2 aromatic heterocycles. The highest BCUT2D eigenvalue weighted by Crippen LogP contribution is 2.28. The van der Waals surface area contributed by atoms with Crippen molar-refractivity contribution >= 4 is 16.9 Å². The highest BCUT2D eigenvalue weighted by atomic mass is 16.2. The topological polar surface area (TPSA) is 51.0 Å². The lowest BCUT2D eigenvalue weighted by Crippen LogP contribution is -2.38. The van der Waals surface area contributed by atoms with Crippen LogP contribution in [0.3, 0.4) is 0 Å². The molecule has 5 heteroatoms. The molecule has 118 valence electrons. The van der Waals surface area contributed by atoms with Gasteiger partial charge in [0.05, 0.1) is 16.6 Å². The summed E-state index contributed by atoms with van der Waals surface area (Å²) < 4.78 is 1.76. The molecule has 0 atom stereocenters. The fourth-order valence-electron chi connectivity index (χ4n) is 3.68. The van der Waals surface area contributed by atoms with Gasteiger partial charge in [-0.05, 0) is 39.7 Å². The van der Waals surface area contributed by atoms with Crippen LogP contribution in [0, 0.1) is 13.8 Å². The first kappa shape index (κ1) is 15.0. The number of carbonyl (C=O) groups excluding carboxylic acids is 1. The van der Waals surface area contributed by atoms with Gasteiger partial charge in [-0.15, -0.1) is 0 Å². The highest BCUT2D eigenvalue weighted by Gasteiger charge is 2.28. The Balaban J connectivity index is 2.10. The number of aromatic nitrogens is 3. The van der Waals surface area contributed by atoms with E-state index < -0.39 is 0 Å². The van der Waals surface area contributed by atoms with Crippen molar-refractivity contribution in [3.05, 3.63) is 23.0 Å². The molecule has 1 aliphatic carbocycles. The van der Waals surface area contributed by atoms with Crippen LogP contribution in [0.4, 0.5) is 0 Å². The molecule has 22 heavy (non-hydrogen) atoms. The van der Waals surface area contributed by atoms with Crippen LogP contribution in [0.2, 0.25) is 0 Å². The van der Waals surface area contributed by atoms with Crippen LogP contribution in [0.1, 0.15) is 54.4 Å². The van der Waals surface area contributed by atoms with Crippen molar-refractivity contribution < 1.29 is 4.79 Å². The maximum absolute atomic E-state index is 13.2. The monoisotopic (exact) mass is 300 g/mol. The SMILES string of the molecule is CCN(C(=O)c1cc(C)nc2c1c(C)nn2C)C1CCCC1. The minimum absolute atomic E-state index is 0.126. The summed E-state index contributed by atoms with van der Waals surface area (Å²) in [7, 11) is 1.88. The summed E-state index contributed by atoms with van der Waals surface area (Å²) in [5.74, 6) is 0.126. The van der Waals surface area contributed by atoms with Crippen molar-refractivity contribution in [3.63, 3.8) is 0 Å². The van der Waals surface area contributed by atoms with Crippen molar-refractivity contribution in [2.24, 2.45) is 7.05 Å². The molecule has 2 heterocycles. The largest absolute Gasteiger partial charge is 0.336 e. The third-order valence-electron chi connectivity index (χ3n) is 4.69. The van der Waals surface area contributed by atoms with E-state index in [1.807, 2.05) is 31.9 Å². The first-order chi connectivity index (χ1) is 10.5. The number of pyridine rings is 1. The third kappa shape index (κ3) is 2.38. The molecule has 0 saturated heterocycles. The molecule has 1 amide bonds. The smallest absolute Gasteiger partial charge is 0.254 e. The average molecular weight is 300 g/mol. The van der Waals surface area contributed by atoms with Gasteiger partial charge in [0, 0.05) is 25.3 Å². The fraction of sp³-hybridized carbons (Fsp3) is 0.588. The Bertz CT molecular complexity index is 713. The van der Waals surface area contributed by atoms with Crippen LogP contribution in [0.15, 0.2) is 6.07 Å². The lowest BCUT2D eigenvalue weighted by Gasteiger charge is -2.28. The summed E-state index contributed by atoms with van der Waals surface area (Å²) in [4.78, 5) is 19.7. The van der Waals surface area contributed by atoms with E-state index in [9.17, 15) is 4.79 Å². The van der Waals surface area contributed by atoms with Gasteiger partial charge in [0.2, 0.25) is 0 Å². The number of nitrogens with zero attached hydrogens (tertiary/aromatic N) is 4. The van der Waals surface area contributed by atoms with Crippen LogP contribution in [0.25, 0.3) is 11.0 Å². The maximum Gasteiger partial charge on any atom is 0.254 e. The number of hydrogen-bond donors (Lipinski definition) is 0. The van der Waals surface area contributed by atoms with Gasteiger partial charge < -0.3 is 4.90 Å². The summed E-state index contributed by atoms with van der Waals surface area (Å²) in [6.45, 7) is 6.70. The molecule has 0 radical (unpaired) electrons. The molecule has 0 bridgehead atoms. The van der Waals surface area contributed by atoms with Gasteiger partial charge in [0.1, 0.15) is 0 Å². The number of aryl methyl sites for hydroxylation is 3. The van der Waals surface area contributed by atoms with E-state index >= 15 is 0 Å². The van der Waals surface area contributed by atoms with Gasteiger partial charge in [-0.25, -0.2) is 4.98 Å². The standard InChI is InChI=1S/C17H24N4O/c1-5-21(13-8-6-7-9-13)17(22)14-10-11(2)18-16-15(14)12(3)19-20(16)4/h10,13H,5-9H2,1-4H3. The molecular formula is C17H24N4O. The van der Waals surface area contributed by atoms with E-state index in [1.54, 1.807) is 4.68 Å². The minimum atomic E-state index is 0.126. The number of rotatable bonds is 3. The van der Waals surface area contributed by atoms with Crippen LogP contribution < -0.4 is 0 Å². The normalized spacial score (nSPS) is 15.6. The molecule has 5 nitrogen and oxygen atoms in total. The van der Waals surface area contributed by atoms with E-state index in [1.165, 1.54) is 12.8 Å². The van der Waals surface area contributed by atoms with Gasteiger partial charge in [0.25, 0.3) is 5.91 Å². The quantitative estimate of drug-likeness (QED) is 0.875. The zero-order valence-corrected chi connectivity index (χ0v) is 13.9. The number of fused-ring (bicyclic) bond motifs is 1. The van der Waals surface area contributed by atoms with E-state index in [0.29, 0.717) is 6.04 Å². The van der Waals surface area contributed by atoms with Crippen LogP contribution in [-0.4, -0.2) is 38.2 Å². The fourth-order valence-corrected chi connectivity index (χ4v) is 3.68. The Hall–Kier alpha value is -1.91. The number of carbonyl (C=O) groups is 1. The Morgan fingerprint density at radius 2 is 2.05 bits per heavy atom. The predicted molar refractivity (Wildman–Crippen MR) is 86.9 cm³/mol. The minimum Gasteiger partial charge on any atom is -0.336 e. The second kappa shape index (κ2) is 5.71. The summed E-state index contributed by atoms with van der Waals surface area (Å²) in [6, 6.07) is 2.30. The summed E-state index contributed by atoms with van der Waals surface area (Å²) in [5.41, 5.74) is 3.28. The Kier molecular flexibility index (Phi) is 3.89. The molecule has 1 saturated carbocycles. The predicted octanol–water partition coefficient (Wildman–Crippen LogP) is 2.99. The van der Waals surface area contributed by atoms with E-state index in [4.69, 9.17) is 0 Å². The van der Waals surface area contributed by atoms with Crippen LogP contribution >= 0.6 is 0 Å². The molecule has 1 aliphatic rings. The molecule has 1 fully saturated rings. The molecule has 0 spiro atoms. The van der Waals surface area contributed by atoms with Gasteiger partial charge >= 0.3 is 0 Å². The lowest BCUT2D eigenvalue weighted by molar-refractivity contribution is 0.0695. The average Bonchev–Trinajstić information content (AvgIpc) is 3.09. The summed E-state index contributed by atoms with van der Waals surface area (Å²) >= 11 is 0. The Morgan fingerprint density at radius 3 is 2.68 bits per heavy atom. The molecule has 0 N–H and O–H groups in total.